The van der Waals surface area contributed by atoms with Gasteiger partial charge in [0.1, 0.15) is 5.69 Å². The van der Waals surface area contributed by atoms with Crippen molar-refractivity contribution >= 4 is 55.4 Å². The number of fused-ring (bicyclic) bond motifs is 3. The van der Waals surface area contributed by atoms with E-state index in [0.29, 0.717) is 22.9 Å². The monoisotopic (exact) mass is 473 g/mol. The molecule has 3 aliphatic rings. The van der Waals surface area contributed by atoms with Crippen molar-refractivity contribution in [1.82, 2.24) is 25.0 Å². The Bertz CT molecular complexity index is 1490. The number of imide groups is 1. The van der Waals surface area contributed by atoms with E-state index in [4.69, 9.17) is 9.84 Å². The highest BCUT2D eigenvalue weighted by molar-refractivity contribution is 7.17. The van der Waals surface area contributed by atoms with E-state index in [1.807, 2.05) is 35.8 Å². The number of ether oxygens (including phenoxy) is 1. The number of aromatic nitrogens is 3. The van der Waals surface area contributed by atoms with Gasteiger partial charge >= 0.3 is 0 Å². The zero-order valence-electron chi connectivity index (χ0n) is 18.4. The van der Waals surface area contributed by atoms with E-state index in [0.717, 1.165) is 65.8 Å². The lowest BCUT2D eigenvalue weighted by atomic mass is 9.96. The molecule has 6 heterocycles. The van der Waals surface area contributed by atoms with Gasteiger partial charge in [-0.25, -0.2) is 0 Å². The Morgan fingerprint density at radius 3 is 2.88 bits per heavy atom. The van der Waals surface area contributed by atoms with Gasteiger partial charge in [0.05, 0.1) is 46.1 Å². The number of thiophene rings is 1. The van der Waals surface area contributed by atoms with Gasteiger partial charge < -0.3 is 9.72 Å². The van der Waals surface area contributed by atoms with Crippen molar-refractivity contribution in [1.29, 1.82) is 0 Å². The first-order valence-corrected chi connectivity index (χ1v) is 12.5. The predicted molar refractivity (Wildman–Crippen MR) is 130 cm³/mol. The molecule has 7 rings (SSSR count). The zero-order valence-corrected chi connectivity index (χ0v) is 19.2. The van der Waals surface area contributed by atoms with Crippen LogP contribution in [0.15, 0.2) is 41.9 Å². The third-order valence-corrected chi connectivity index (χ3v) is 8.27. The number of nitrogens with one attached hydrogen (secondary N) is 2. The first kappa shape index (κ1) is 20.1. The van der Waals surface area contributed by atoms with Gasteiger partial charge in [-0.2, -0.15) is 5.10 Å². The van der Waals surface area contributed by atoms with Gasteiger partial charge in [0.25, 0.3) is 11.8 Å². The van der Waals surface area contributed by atoms with Gasteiger partial charge in [-0.1, -0.05) is 18.2 Å². The van der Waals surface area contributed by atoms with Crippen molar-refractivity contribution in [3.8, 4) is 0 Å². The number of rotatable bonds is 3. The van der Waals surface area contributed by atoms with Crippen LogP contribution in [-0.4, -0.2) is 63.8 Å². The number of para-hydroxylation sites is 1. The number of hydrogen-bond donors (Lipinski definition) is 2. The first-order chi connectivity index (χ1) is 16.7. The highest BCUT2D eigenvalue weighted by Crippen LogP contribution is 2.40. The lowest BCUT2D eigenvalue weighted by Crippen LogP contribution is -2.50. The van der Waals surface area contributed by atoms with Gasteiger partial charge in [0.2, 0.25) is 0 Å². The van der Waals surface area contributed by atoms with E-state index in [-0.39, 0.29) is 11.9 Å². The summed E-state index contributed by atoms with van der Waals surface area (Å²) in [4.78, 5) is 31.8. The maximum Gasteiger partial charge on any atom is 0.261 e. The molecule has 0 aliphatic carbocycles. The Hall–Kier alpha value is -3.27. The largest absolute Gasteiger partial charge is 0.378 e. The Labute approximate surface area is 199 Å². The summed E-state index contributed by atoms with van der Waals surface area (Å²) in [6.07, 6.45) is 3.76. The van der Waals surface area contributed by atoms with E-state index in [1.54, 1.807) is 11.3 Å². The molecule has 0 bridgehead atoms. The second kappa shape index (κ2) is 7.63. The number of hydrogen-bond acceptors (Lipinski definition) is 6. The lowest BCUT2D eigenvalue weighted by Gasteiger charge is -2.42. The minimum atomic E-state index is -0.392. The van der Waals surface area contributed by atoms with Crippen LogP contribution in [0.3, 0.4) is 0 Å². The predicted octanol–water partition coefficient (Wildman–Crippen LogP) is 3.18. The van der Waals surface area contributed by atoms with Crippen molar-refractivity contribution in [2.75, 3.05) is 26.3 Å². The van der Waals surface area contributed by atoms with Crippen molar-refractivity contribution in [2.45, 2.75) is 24.9 Å². The Kier molecular flexibility index (Phi) is 4.52. The molecule has 34 heavy (non-hydrogen) atoms. The van der Waals surface area contributed by atoms with Crippen LogP contribution in [0.5, 0.6) is 0 Å². The van der Waals surface area contributed by atoms with E-state index in [9.17, 15) is 9.59 Å². The summed E-state index contributed by atoms with van der Waals surface area (Å²) in [5.41, 5.74) is 4.01. The minimum absolute atomic E-state index is 0.210. The molecule has 0 saturated carbocycles. The lowest BCUT2D eigenvalue weighted by molar-refractivity contribution is -0.122. The number of carbonyl (C=O) groups is 2. The van der Waals surface area contributed by atoms with Crippen molar-refractivity contribution in [2.24, 2.45) is 0 Å². The third-order valence-electron chi connectivity index (χ3n) is 7.32. The smallest absolute Gasteiger partial charge is 0.261 e. The molecule has 0 spiro atoms. The van der Waals surface area contributed by atoms with Crippen LogP contribution in [0.2, 0.25) is 0 Å². The molecule has 172 valence electrons. The minimum Gasteiger partial charge on any atom is -0.378 e. The number of nitrogens with zero attached hydrogens (tertiary/aromatic N) is 3. The fourth-order valence-electron chi connectivity index (χ4n) is 5.69. The normalized spacial score (nSPS) is 23.8. The summed E-state index contributed by atoms with van der Waals surface area (Å²) in [7, 11) is 0. The Balaban J connectivity index is 1.39. The summed E-state index contributed by atoms with van der Waals surface area (Å²) in [6.45, 7) is 3.54. The molecule has 2 amide bonds. The summed E-state index contributed by atoms with van der Waals surface area (Å²) in [5, 5.41) is 10.4. The molecule has 3 aromatic heterocycles. The van der Waals surface area contributed by atoms with Gasteiger partial charge in [0, 0.05) is 36.3 Å². The van der Waals surface area contributed by atoms with E-state index < -0.39 is 5.91 Å². The molecule has 2 unspecified atom stereocenters. The summed E-state index contributed by atoms with van der Waals surface area (Å²) in [6, 6.07) is 10.6. The van der Waals surface area contributed by atoms with Gasteiger partial charge in [0.15, 0.2) is 0 Å². The molecule has 4 aromatic rings. The number of carbonyl (C=O) groups excluding carboxylic acids is 2. The zero-order chi connectivity index (χ0) is 22.8. The average Bonchev–Trinajstić information content (AvgIpc) is 3.61. The van der Waals surface area contributed by atoms with Crippen molar-refractivity contribution < 1.29 is 14.3 Å². The van der Waals surface area contributed by atoms with Crippen LogP contribution in [-0.2, 0) is 14.3 Å². The summed E-state index contributed by atoms with van der Waals surface area (Å²) < 4.78 is 8.78. The molecule has 2 N–H and O–H groups in total. The third kappa shape index (κ3) is 2.94. The van der Waals surface area contributed by atoms with Gasteiger partial charge in [-0.05, 0) is 30.4 Å². The van der Waals surface area contributed by atoms with Crippen LogP contribution in [0, 0.1) is 0 Å². The average molecular weight is 474 g/mol. The van der Waals surface area contributed by atoms with Gasteiger partial charge in [-0.3, -0.25) is 24.5 Å². The summed E-state index contributed by atoms with van der Waals surface area (Å²) >= 11 is 1.55. The van der Waals surface area contributed by atoms with Crippen LogP contribution >= 0.6 is 11.3 Å². The van der Waals surface area contributed by atoms with Crippen LogP contribution < -0.4 is 5.32 Å². The maximum atomic E-state index is 13.1. The number of benzene rings is 1. The maximum absolute atomic E-state index is 13.1. The number of piperidine rings is 1. The SMILES string of the molecule is O=C1NC(=O)C(c2c[nH]c3ccsc23)=C1c1nn(C2CCN3CCOCC3C2)c2ccccc12. The molecule has 3 aliphatic heterocycles. The van der Waals surface area contributed by atoms with Crippen LogP contribution in [0.25, 0.3) is 32.3 Å². The molecule has 9 heteroatoms. The number of H-pyrrole nitrogens is 1. The molecule has 2 atom stereocenters. The fraction of sp³-hybridized carbons (Fsp3) is 0.320. The Morgan fingerprint density at radius 1 is 1.06 bits per heavy atom. The number of amides is 2. The second-order valence-corrected chi connectivity index (χ2v) is 10.1. The van der Waals surface area contributed by atoms with Crippen LogP contribution in [0.4, 0.5) is 0 Å². The molecule has 2 fully saturated rings. The Morgan fingerprint density at radius 2 is 1.94 bits per heavy atom. The number of aromatic amines is 1. The molecular weight excluding hydrogens is 450 g/mol. The molecule has 1 aromatic carbocycles. The topological polar surface area (TPSA) is 92.2 Å². The van der Waals surface area contributed by atoms with Crippen molar-refractivity contribution in [3.63, 3.8) is 0 Å². The molecule has 2 saturated heterocycles. The first-order valence-electron chi connectivity index (χ1n) is 11.6. The highest BCUT2D eigenvalue weighted by atomic mass is 32.1. The van der Waals surface area contributed by atoms with Crippen molar-refractivity contribution in [3.05, 3.63) is 53.2 Å². The second-order valence-electron chi connectivity index (χ2n) is 9.15. The molecule has 0 radical (unpaired) electrons. The van der Waals surface area contributed by atoms with Gasteiger partial charge in [-0.15, -0.1) is 11.3 Å². The van der Waals surface area contributed by atoms with E-state index >= 15 is 0 Å². The van der Waals surface area contributed by atoms with E-state index in [2.05, 4.69) is 25.9 Å². The number of morpholine rings is 1. The standard InChI is InChI=1S/C25H23N5O3S/c31-24-20(17-12-26-18-6-10-34-23(17)18)21(25(32)27-24)22-16-3-1-2-4-19(16)30(28-22)14-5-7-29-8-9-33-13-15(29)11-14/h1-4,6,10,12,14-15,26H,5,7-9,11,13H2,(H,27,31,32). The van der Waals surface area contributed by atoms with Crippen LogP contribution in [0.1, 0.15) is 30.1 Å². The fourth-order valence-corrected chi connectivity index (χ4v) is 6.57. The molecular formula is C25H23N5O3S. The highest BCUT2D eigenvalue weighted by Gasteiger charge is 2.38. The quantitative estimate of drug-likeness (QED) is 0.446. The molecule has 8 nitrogen and oxygen atoms in total. The van der Waals surface area contributed by atoms with E-state index in [1.165, 1.54) is 0 Å². The summed E-state index contributed by atoms with van der Waals surface area (Å²) in [5.74, 6) is -0.766.